The highest BCUT2D eigenvalue weighted by atomic mass is 16.6. The van der Waals surface area contributed by atoms with Crippen LogP contribution in [0.2, 0.25) is 0 Å². The lowest BCUT2D eigenvalue weighted by atomic mass is 10.0. The maximum atomic E-state index is 12.9. The third-order valence-corrected chi connectivity index (χ3v) is 16.8. The van der Waals surface area contributed by atoms with Crippen molar-refractivity contribution in [1.82, 2.24) is 0 Å². The van der Waals surface area contributed by atoms with Gasteiger partial charge in [0.1, 0.15) is 13.2 Å². The maximum absolute atomic E-state index is 12.9. The Morgan fingerprint density at radius 3 is 0.633 bits per heavy atom. The number of hydrogen-bond acceptors (Lipinski definition) is 6. The molecule has 0 bridgehead atoms. The van der Waals surface area contributed by atoms with Crippen LogP contribution >= 0.6 is 0 Å². The first-order valence-corrected chi connectivity index (χ1v) is 36.2. The molecule has 0 aliphatic heterocycles. The van der Waals surface area contributed by atoms with E-state index < -0.39 is 6.10 Å². The molecule has 6 nitrogen and oxygen atoms in total. The summed E-state index contributed by atoms with van der Waals surface area (Å²) in [6, 6.07) is 0. The van der Waals surface area contributed by atoms with Gasteiger partial charge in [-0.1, -0.05) is 367 Å². The van der Waals surface area contributed by atoms with Crippen LogP contribution in [0.3, 0.4) is 0 Å². The van der Waals surface area contributed by atoms with Gasteiger partial charge in [-0.15, -0.1) is 0 Å². The van der Waals surface area contributed by atoms with Gasteiger partial charge in [-0.05, 0) is 44.9 Å². The van der Waals surface area contributed by atoms with E-state index in [0.717, 1.165) is 64.2 Å². The highest BCUT2D eigenvalue weighted by Gasteiger charge is 2.19. The molecule has 0 saturated carbocycles. The Hall–Kier alpha value is -1.85. The first-order valence-electron chi connectivity index (χ1n) is 36.2. The molecule has 0 aliphatic rings. The van der Waals surface area contributed by atoms with Gasteiger partial charge in [-0.3, -0.25) is 14.4 Å². The van der Waals surface area contributed by atoms with Crippen LogP contribution in [0, 0.1) is 0 Å². The fourth-order valence-electron chi connectivity index (χ4n) is 11.3. The zero-order chi connectivity index (χ0) is 57.1. The molecule has 0 N–H and O–H groups in total. The van der Waals surface area contributed by atoms with Crippen molar-refractivity contribution in [2.75, 3.05) is 13.2 Å². The summed E-state index contributed by atoms with van der Waals surface area (Å²) >= 11 is 0. The van der Waals surface area contributed by atoms with E-state index >= 15 is 0 Å². The van der Waals surface area contributed by atoms with Gasteiger partial charge in [0.15, 0.2) is 6.10 Å². The van der Waals surface area contributed by atoms with Gasteiger partial charge in [0.2, 0.25) is 0 Å². The lowest BCUT2D eigenvalue weighted by molar-refractivity contribution is -0.167. The standard InChI is InChI=1S/C73H140O6/c1-4-7-10-13-16-19-22-25-28-30-31-32-33-34-35-36-37-38-39-40-41-42-43-44-46-48-51-54-57-60-63-66-72(75)78-69-70(68-77-71(74)65-62-59-56-53-50-47-27-24-21-18-15-12-9-6-3)79-73(76)67-64-61-58-55-52-49-45-29-26-23-20-17-14-11-8-5-2/h29,45,70H,4-28,30-44,46-69H2,1-3H3/b45-29-. The van der Waals surface area contributed by atoms with Gasteiger partial charge in [0.25, 0.3) is 0 Å². The molecule has 0 fully saturated rings. The molecule has 0 aromatic heterocycles. The van der Waals surface area contributed by atoms with Crippen LogP contribution in [0.1, 0.15) is 419 Å². The van der Waals surface area contributed by atoms with Crippen molar-refractivity contribution in [2.45, 2.75) is 425 Å². The average molecular weight is 1110 g/mol. The topological polar surface area (TPSA) is 78.9 Å². The molecule has 79 heavy (non-hydrogen) atoms. The fourth-order valence-corrected chi connectivity index (χ4v) is 11.3. The molecule has 0 aromatic rings. The normalized spacial score (nSPS) is 12.0. The van der Waals surface area contributed by atoms with Crippen LogP contribution in [0.15, 0.2) is 12.2 Å². The van der Waals surface area contributed by atoms with E-state index in [0.29, 0.717) is 19.3 Å². The van der Waals surface area contributed by atoms with Crippen molar-refractivity contribution < 1.29 is 28.6 Å². The van der Waals surface area contributed by atoms with Crippen molar-refractivity contribution in [1.29, 1.82) is 0 Å². The molecule has 0 aromatic carbocycles. The minimum Gasteiger partial charge on any atom is -0.462 e. The van der Waals surface area contributed by atoms with Crippen molar-refractivity contribution in [3.8, 4) is 0 Å². The van der Waals surface area contributed by atoms with Crippen LogP contribution in [-0.2, 0) is 28.6 Å². The van der Waals surface area contributed by atoms with Gasteiger partial charge >= 0.3 is 17.9 Å². The predicted molar refractivity (Wildman–Crippen MR) is 344 cm³/mol. The molecule has 1 atom stereocenters. The van der Waals surface area contributed by atoms with Crippen molar-refractivity contribution in [3.05, 3.63) is 12.2 Å². The highest BCUT2D eigenvalue weighted by molar-refractivity contribution is 5.71. The van der Waals surface area contributed by atoms with Crippen LogP contribution in [0.5, 0.6) is 0 Å². The molecule has 6 heteroatoms. The Kier molecular flexibility index (Phi) is 67.0. The van der Waals surface area contributed by atoms with E-state index in [2.05, 4.69) is 32.9 Å². The summed E-state index contributed by atoms with van der Waals surface area (Å²) < 4.78 is 17.0. The molecule has 468 valence electrons. The SMILES string of the molecule is CCCCCCCCC/C=C\CCCCCCCC(=O)OC(COC(=O)CCCCCCCCCCCCCCCC)COC(=O)CCCCCCCCCCCCCCCCCCCCCCCCCCCCCCCCC. The number of rotatable bonds is 68. The number of unbranched alkanes of at least 4 members (excludes halogenated alkanes) is 55. The molecule has 0 amide bonds. The monoisotopic (exact) mass is 1110 g/mol. The summed E-state index contributed by atoms with van der Waals surface area (Å²) in [5.41, 5.74) is 0. The predicted octanol–water partition coefficient (Wildman–Crippen LogP) is 24.8. The molecule has 0 saturated heterocycles. The van der Waals surface area contributed by atoms with Crippen molar-refractivity contribution >= 4 is 17.9 Å². The lowest BCUT2D eigenvalue weighted by Gasteiger charge is -2.18. The zero-order valence-electron chi connectivity index (χ0n) is 53.9. The van der Waals surface area contributed by atoms with Crippen LogP contribution in [0.25, 0.3) is 0 Å². The summed E-state index contributed by atoms with van der Waals surface area (Å²) in [7, 11) is 0. The van der Waals surface area contributed by atoms with Crippen LogP contribution in [-0.4, -0.2) is 37.2 Å². The Labute approximate surface area is 494 Å². The molecule has 0 rings (SSSR count). The largest absolute Gasteiger partial charge is 0.462 e. The second-order valence-corrected chi connectivity index (χ2v) is 24.9. The third-order valence-electron chi connectivity index (χ3n) is 16.8. The number of hydrogen-bond donors (Lipinski definition) is 0. The number of ether oxygens (including phenoxy) is 3. The van der Waals surface area contributed by atoms with Crippen molar-refractivity contribution in [3.63, 3.8) is 0 Å². The Morgan fingerprint density at radius 1 is 0.241 bits per heavy atom. The Balaban J connectivity index is 4.11. The summed E-state index contributed by atoms with van der Waals surface area (Å²) in [5.74, 6) is -0.841. The summed E-state index contributed by atoms with van der Waals surface area (Å²) in [6.07, 6.45) is 82.6. The van der Waals surface area contributed by atoms with E-state index in [1.165, 1.54) is 315 Å². The number of allylic oxidation sites excluding steroid dienone is 2. The fraction of sp³-hybridized carbons (Fsp3) is 0.932. The van der Waals surface area contributed by atoms with Gasteiger partial charge in [-0.25, -0.2) is 0 Å². The Morgan fingerprint density at radius 2 is 0.418 bits per heavy atom. The summed E-state index contributed by atoms with van der Waals surface area (Å²) in [6.45, 7) is 6.72. The zero-order valence-corrected chi connectivity index (χ0v) is 53.9. The summed E-state index contributed by atoms with van der Waals surface area (Å²) in [4.78, 5) is 38.4. The number of carbonyl (C=O) groups is 3. The molecule has 0 aliphatic carbocycles. The summed E-state index contributed by atoms with van der Waals surface area (Å²) in [5, 5.41) is 0. The minimum absolute atomic E-state index is 0.0667. The van der Waals surface area contributed by atoms with E-state index in [-0.39, 0.29) is 31.1 Å². The molecule has 0 heterocycles. The number of esters is 3. The average Bonchev–Trinajstić information content (AvgIpc) is 3.45. The van der Waals surface area contributed by atoms with Crippen LogP contribution < -0.4 is 0 Å². The second kappa shape index (κ2) is 68.6. The van der Waals surface area contributed by atoms with E-state index in [9.17, 15) is 14.4 Å². The van der Waals surface area contributed by atoms with Crippen molar-refractivity contribution in [2.24, 2.45) is 0 Å². The molecule has 0 spiro atoms. The van der Waals surface area contributed by atoms with Gasteiger partial charge < -0.3 is 14.2 Å². The second-order valence-electron chi connectivity index (χ2n) is 24.9. The smallest absolute Gasteiger partial charge is 0.306 e. The number of carbonyl (C=O) groups excluding carboxylic acids is 3. The van der Waals surface area contributed by atoms with Gasteiger partial charge in [-0.2, -0.15) is 0 Å². The third kappa shape index (κ3) is 66.8. The van der Waals surface area contributed by atoms with Crippen LogP contribution in [0.4, 0.5) is 0 Å². The lowest BCUT2D eigenvalue weighted by Crippen LogP contribution is -2.30. The molecule has 1 unspecified atom stereocenters. The van der Waals surface area contributed by atoms with E-state index in [1.54, 1.807) is 0 Å². The highest BCUT2D eigenvalue weighted by Crippen LogP contribution is 2.19. The quantitative estimate of drug-likeness (QED) is 0.0261. The molecular weight excluding hydrogens is 973 g/mol. The minimum atomic E-state index is -0.770. The maximum Gasteiger partial charge on any atom is 0.306 e. The van der Waals surface area contributed by atoms with Gasteiger partial charge in [0, 0.05) is 19.3 Å². The first kappa shape index (κ1) is 77.2. The van der Waals surface area contributed by atoms with Gasteiger partial charge in [0.05, 0.1) is 0 Å². The van der Waals surface area contributed by atoms with E-state index in [4.69, 9.17) is 14.2 Å². The molecule has 0 radical (unpaired) electrons. The first-order chi connectivity index (χ1) is 39.0. The Bertz CT molecular complexity index is 1230. The van der Waals surface area contributed by atoms with E-state index in [1.807, 2.05) is 0 Å². The molecular formula is C73H140O6.